The number of piperidine rings is 1. The summed E-state index contributed by atoms with van der Waals surface area (Å²) in [7, 11) is -3.56. The summed E-state index contributed by atoms with van der Waals surface area (Å²) in [6.45, 7) is 5.62. The van der Waals surface area contributed by atoms with E-state index in [1.54, 1.807) is 10.9 Å². The van der Waals surface area contributed by atoms with Crippen molar-refractivity contribution in [1.29, 1.82) is 0 Å². The van der Waals surface area contributed by atoms with Crippen molar-refractivity contribution in [3.8, 4) is 5.82 Å². The van der Waals surface area contributed by atoms with Crippen LogP contribution < -0.4 is 4.90 Å². The van der Waals surface area contributed by atoms with Crippen LogP contribution in [0.4, 0.5) is 5.69 Å². The molecular formula is C21H28N6O4S. The molecule has 2 aromatic heterocycles. The van der Waals surface area contributed by atoms with Crippen LogP contribution in [0.5, 0.6) is 0 Å². The summed E-state index contributed by atoms with van der Waals surface area (Å²) in [4.78, 5) is 31.5. The van der Waals surface area contributed by atoms with Gasteiger partial charge >= 0.3 is 0 Å². The van der Waals surface area contributed by atoms with Gasteiger partial charge < -0.3 is 4.90 Å². The van der Waals surface area contributed by atoms with Gasteiger partial charge in [-0.3, -0.25) is 14.5 Å². The van der Waals surface area contributed by atoms with Crippen LogP contribution >= 0.6 is 0 Å². The van der Waals surface area contributed by atoms with E-state index in [0.717, 1.165) is 27.8 Å². The van der Waals surface area contributed by atoms with Gasteiger partial charge in [0.25, 0.3) is 0 Å². The average molecular weight is 461 g/mol. The molecule has 10 nitrogen and oxygen atoms in total. The molecule has 0 atom stereocenters. The summed E-state index contributed by atoms with van der Waals surface area (Å²) >= 11 is 0. The van der Waals surface area contributed by atoms with E-state index < -0.39 is 10.0 Å². The van der Waals surface area contributed by atoms with Crippen LogP contribution in [0.1, 0.15) is 30.7 Å². The molecule has 2 fully saturated rings. The zero-order valence-electron chi connectivity index (χ0n) is 18.4. The van der Waals surface area contributed by atoms with E-state index in [4.69, 9.17) is 0 Å². The first-order chi connectivity index (χ1) is 15.3. The lowest BCUT2D eigenvalue weighted by atomic mass is 10.1. The molecule has 0 unspecified atom stereocenters. The summed E-state index contributed by atoms with van der Waals surface area (Å²) in [6, 6.07) is 5.66. The number of amides is 2. The first kappa shape index (κ1) is 22.4. The van der Waals surface area contributed by atoms with Crippen molar-refractivity contribution in [3.63, 3.8) is 0 Å². The molecular weight excluding hydrogens is 432 g/mol. The molecule has 0 N–H and O–H groups in total. The molecule has 11 heteroatoms. The maximum atomic E-state index is 12.8. The lowest BCUT2D eigenvalue weighted by Crippen LogP contribution is -2.51. The van der Waals surface area contributed by atoms with E-state index in [1.807, 2.05) is 32.0 Å². The number of hydrogen-bond acceptors (Lipinski definition) is 7. The number of nitrogens with zero attached hydrogens (tertiary/aromatic N) is 6. The number of likely N-dealkylation sites (tertiary alicyclic amines) is 1. The number of imide groups is 1. The Morgan fingerprint density at radius 1 is 1.00 bits per heavy atom. The van der Waals surface area contributed by atoms with E-state index in [1.165, 1.54) is 4.31 Å². The predicted molar refractivity (Wildman–Crippen MR) is 119 cm³/mol. The van der Waals surface area contributed by atoms with Crippen molar-refractivity contribution in [3.05, 3.63) is 35.8 Å². The van der Waals surface area contributed by atoms with E-state index in [-0.39, 0.29) is 24.1 Å². The molecule has 0 spiro atoms. The Balaban J connectivity index is 1.40. The highest BCUT2D eigenvalue weighted by Crippen LogP contribution is 2.27. The van der Waals surface area contributed by atoms with Crippen molar-refractivity contribution >= 4 is 27.5 Å². The van der Waals surface area contributed by atoms with Gasteiger partial charge in [0.2, 0.25) is 21.8 Å². The minimum Gasteiger partial charge on any atom is -0.366 e. The van der Waals surface area contributed by atoms with Crippen molar-refractivity contribution < 1.29 is 18.0 Å². The number of hydrogen-bond donors (Lipinski definition) is 0. The lowest BCUT2D eigenvalue weighted by Gasteiger charge is -2.36. The van der Waals surface area contributed by atoms with E-state index in [2.05, 4.69) is 15.0 Å². The van der Waals surface area contributed by atoms with Crippen LogP contribution in [0.3, 0.4) is 0 Å². The SMILES string of the molecule is Cc1nn(-c2ccccn2)c(C)c1N1CCN(S(=O)(=O)CCN2C(=O)CCCC2=O)CC1. The molecule has 172 valence electrons. The van der Waals surface area contributed by atoms with Gasteiger partial charge in [-0.1, -0.05) is 6.07 Å². The topological polar surface area (TPSA) is 109 Å². The Bertz CT molecular complexity index is 1090. The second-order valence-corrected chi connectivity index (χ2v) is 10.2. The van der Waals surface area contributed by atoms with Crippen LogP contribution in [0.15, 0.2) is 24.4 Å². The summed E-state index contributed by atoms with van der Waals surface area (Å²) in [6.07, 6.45) is 2.86. The van der Waals surface area contributed by atoms with Gasteiger partial charge in [-0.05, 0) is 32.4 Å². The lowest BCUT2D eigenvalue weighted by molar-refractivity contribution is -0.147. The molecule has 4 heterocycles. The molecule has 2 aromatic rings. The van der Waals surface area contributed by atoms with Crippen LogP contribution in [-0.2, 0) is 19.6 Å². The Kier molecular flexibility index (Phi) is 6.29. The number of aromatic nitrogens is 3. The summed E-state index contributed by atoms with van der Waals surface area (Å²) in [5.41, 5.74) is 2.82. The standard InChI is InChI=1S/C21H28N6O4S/c1-16-21(17(2)27(23-16)18-6-3-4-9-22-18)24-10-12-25(13-11-24)32(30,31)15-14-26-19(28)7-5-8-20(26)29/h3-4,6,9H,5,7-8,10-15H2,1-2H3. The van der Waals surface area contributed by atoms with E-state index in [9.17, 15) is 18.0 Å². The van der Waals surface area contributed by atoms with Gasteiger partial charge in [0.15, 0.2) is 5.82 Å². The zero-order chi connectivity index (χ0) is 22.9. The molecule has 2 aliphatic heterocycles. The van der Waals surface area contributed by atoms with Crippen LogP contribution in [0.25, 0.3) is 5.82 Å². The van der Waals surface area contributed by atoms with Crippen molar-refractivity contribution in [2.45, 2.75) is 33.1 Å². The number of carbonyl (C=O) groups is 2. The predicted octanol–water partition coefficient (Wildman–Crippen LogP) is 0.875. The number of anilines is 1. The molecule has 2 aliphatic rings. The minimum absolute atomic E-state index is 0.0741. The third kappa shape index (κ3) is 4.40. The smallest absolute Gasteiger partial charge is 0.229 e. The maximum Gasteiger partial charge on any atom is 0.229 e. The van der Waals surface area contributed by atoms with Crippen molar-refractivity contribution in [2.24, 2.45) is 0 Å². The molecule has 0 bridgehead atoms. The fourth-order valence-corrected chi connectivity index (χ4v) is 5.76. The molecule has 0 aromatic carbocycles. The third-order valence-corrected chi connectivity index (χ3v) is 7.87. The van der Waals surface area contributed by atoms with Crippen LogP contribution in [0, 0.1) is 13.8 Å². The number of aryl methyl sites for hydroxylation is 1. The maximum absolute atomic E-state index is 12.8. The number of piperazine rings is 1. The average Bonchev–Trinajstić information content (AvgIpc) is 3.08. The summed E-state index contributed by atoms with van der Waals surface area (Å²) in [5, 5.41) is 4.63. The summed E-state index contributed by atoms with van der Waals surface area (Å²) < 4.78 is 28.9. The Labute approximate surface area is 187 Å². The van der Waals surface area contributed by atoms with Gasteiger partial charge in [-0.15, -0.1) is 0 Å². The molecule has 4 rings (SSSR count). The fourth-order valence-electron chi connectivity index (χ4n) is 4.37. The van der Waals surface area contributed by atoms with Gasteiger partial charge in [-0.2, -0.15) is 9.40 Å². The van der Waals surface area contributed by atoms with E-state index in [0.29, 0.717) is 45.4 Å². The van der Waals surface area contributed by atoms with Crippen molar-refractivity contribution in [2.75, 3.05) is 43.4 Å². The normalized spacial score (nSPS) is 18.4. The second kappa shape index (κ2) is 8.99. The van der Waals surface area contributed by atoms with Crippen LogP contribution in [0.2, 0.25) is 0 Å². The minimum atomic E-state index is -3.56. The van der Waals surface area contributed by atoms with Gasteiger partial charge in [0.05, 0.1) is 22.8 Å². The highest BCUT2D eigenvalue weighted by molar-refractivity contribution is 7.89. The monoisotopic (exact) mass is 460 g/mol. The number of sulfonamides is 1. The highest BCUT2D eigenvalue weighted by Gasteiger charge is 2.32. The molecule has 32 heavy (non-hydrogen) atoms. The molecule has 0 radical (unpaired) electrons. The third-order valence-electron chi connectivity index (χ3n) is 6.02. The quantitative estimate of drug-likeness (QED) is 0.589. The van der Waals surface area contributed by atoms with E-state index >= 15 is 0 Å². The van der Waals surface area contributed by atoms with Gasteiger partial charge in [0.1, 0.15) is 0 Å². The molecule has 2 amide bonds. The van der Waals surface area contributed by atoms with Crippen LogP contribution in [-0.4, -0.2) is 82.7 Å². The molecule has 0 saturated carbocycles. The molecule has 0 aliphatic carbocycles. The highest BCUT2D eigenvalue weighted by atomic mass is 32.2. The number of pyridine rings is 1. The Morgan fingerprint density at radius 2 is 1.69 bits per heavy atom. The zero-order valence-corrected chi connectivity index (χ0v) is 19.2. The molecule has 2 saturated heterocycles. The summed E-state index contributed by atoms with van der Waals surface area (Å²) in [5.74, 6) is -0.0585. The Hall–Kier alpha value is -2.79. The fraction of sp³-hybridized carbons (Fsp3) is 0.524. The number of rotatable bonds is 6. The number of carbonyl (C=O) groups excluding carboxylic acids is 2. The first-order valence-corrected chi connectivity index (χ1v) is 12.4. The first-order valence-electron chi connectivity index (χ1n) is 10.8. The Morgan fingerprint density at radius 3 is 2.31 bits per heavy atom. The largest absolute Gasteiger partial charge is 0.366 e. The van der Waals surface area contributed by atoms with Gasteiger partial charge in [-0.25, -0.2) is 18.1 Å². The van der Waals surface area contributed by atoms with Crippen molar-refractivity contribution in [1.82, 2.24) is 24.0 Å². The second-order valence-electron chi connectivity index (χ2n) is 8.11. The van der Waals surface area contributed by atoms with Gasteiger partial charge in [0, 0.05) is 51.8 Å².